The molecule has 128 valence electrons. The van der Waals surface area contributed by atoms with Gasteiger partial charge in [0.25, 0.3) is 0 Å². The van der Waals surface area contributed by atoms with E-state index < -0.39 is 0 Å². The molecule has 6 heteroatoms. The maximum absolute atomic E-state index is 4.66. The lowest BCUT2D eigenvalue weighted by molar-refractivity contribution is 0.312. The Bertz CT molecular complexity index is 506. The Labute approximate surface area is 140 Å². The van der Waals surface area contributed by atoms with Crippen molar-refractivity contribution in [2.75, 3.05) is 44.7 Å². The number of nitrogens with one attached hydrogen (secondary N) is 2. The third-order valence-electron chi connectivity index (χ3n) is 3.83. The fourth-order valence-electron chi connectivity index (χ4n) is 2.53. The van der Waals surface area contributed by atoms with E-state index in [4.69, 9.17) is 0 Å². The minimum Gasteiger partial charge on any atom is -0.357 e. The molecule has 2 N–H and O–H groups in total. The molecule has 0 aromatic carbocycles. The average molecular weight is 318 g/mol. The second-order valence-corrected chi connectivity index (χ2v) is 6.31. The first-order valence-electron chi connectivity index (χ1n) is 8.51. The lowest BCUT2D eigenvalue weighted by Crippen LogP contribution is -2.44. The van der Waals surface area contributed by atoms with Crippen molar-refractivity contribution in [1.82, 2.24) is 20.5 Å². The number of guanidine groups is 1. The van der Waals surface area contributed by atoms with Gasteiger partial charge in [-0.1, -0.05) is 0 Å². The van der Waals surface area contributed by atoms with Crippen LogP contribution in [0.4, 0.5) is 5.82 Å². The van der Waals surface area contributed by atoms with Crippen molar-refractivity contribution in [1.29, 1.82) is 0 Å². The van der Waals surface area contributed by atoms with Gasteiger partial charge < -0.3 is 20.4 Å². The number of hydrogen-bond donors (Lipinski definition) is 2. The fraction of sp³-hybridized carbons (Fsp3) is 0.647. The highest BCUT2D eigenvalue weighted by molar-refractivity contribution is 5.80. The Kier molecular flexibility index (Phi) is 6.65. The van der Waals surface area contributed by atoms with Crippen LogP contribution in [0.1, 0.15) is 26.3 Å². The number of aliphatic imine (C=N–C) groups is 1. The van der Waals surface area contributed by atoms with Crippen LogP contribution in [0.15, 0.2) is 23.3 Å². The van der Waals surface area contributed by atoms with Gasteiger partial charge in [0.15, 0.2) is 5.96 Å². The molecule has 0 amide bonds. The summed E-state index contributed by atoms with van der Waals surface area (Å²) in [6.45, 7) is 12.1. The van der Waals surface area contributed by atoms with Crippen molar-refractivity contribution in [3.05, 3.63) is 23.9 Å². The zero-order valence-corrected chi connectivity index (χ0v) is 14.8. The fourth-order valence-corrected chi connectivity index (χ4v) is 2.53. The summed E-state index contributed by atoms with van der Waals surface area (Å²) in [6.07, 6.45) is 1.89. The molecule has 1 aliphatic heterocycles. The summed E-state index contributed by atoms with van der Waals surface area (Å²) in [5.41, 5.74) is 1.19. The van der Waals surface area contributed by atoms with E-state index >= 15 is 0 Å². The zero-order valence-electron chi connectivity index (χ0n) is 14.8. The van der Waals surface area contributed by atoms with Crippen LogP contribution in [0.3, 0.4) is 0 Å². The molecule has 0 bridgehead atoms. The highest BCUT2D eigenvalue weighted by Crippen LogP contribution is 2.15. The van der Waals surface area contributed by atoms with Gasteiger partial charge in [-0.25, -0.2) is 9.98 Å². The molecule has 1 aromatic rings. The predicted octanol–water partition coefficient (Wildman–Crippen LogP) is 1.30. The summed E-state index contributed by atoms with van der Waals surface area (Å²) in [5, 5.41) is 6.62. The van der Waals surface area contributed by atoms with Crippen molar-refractivity contribution >= 4 is 11.8 Å². The van der Waals surface area contributed by atoms with E-state index in [1.165, 1.54) is 5.56 Å². The monoisotopic (exact) mass is 318 g/mol. The zero-order chi connectivity index (χ0) is 16.7. The smallest absolute Gasteiger partial charge is 0.191 e. The van der Waals surface area contributed by atoms with Crippen LogP contribution in [-0.2, 0) is 6.54 Å². The van der Waals surface area contributed by atoms with Crippen LogP contribution in [-0.4, -0.2) is 61.7 Å². The van der Waals surface area contributed by atoms with Crippen LogP contribution in [0.25, 0.3) is 0 Å². The van der Waals surface area contributed by atoms with Crippen molar-refractivity contribution in [2.45, 2.75) is 33.4 Å². The van der Waals surface area contributed by atoms with E-state index in [1.807, 2.05) is 12.3 Å². The van der Waals surface area contributed by atoms with Gasteiger partial charge in [0.05, 0.1) is 6.54 Å². The van der Waals surface area contributed by atoms with Gasteiger partial charge in [0, 0.05) is 45.0 Å². The molecular weight excluding hydrogens is 288 g/mol. The highest BCUT2D eigenvalue weighted by atomic mass is 15.3. The van der Waals surface area contributed by atoms with E-state index in [0.29, 0.717) is 12.6 Å². The molecule has 23 heavy (non-hydrogen) atoms. The summed E-state index contributed by atoms with van der Waals surface area (Å²) >= 11 is 0. The molecule has 1 saturated heterocycles. The molecule has 1 fully saturated rings. The average Bonchev–Trinajstić information content (AvgIpc) is 2.53. The largest absolute Gasteiger partial charge is 0.357 e. The van der Waals surface area contributed by atoms with E-state index in [1.54, 1.807) is 0 Å². The van der Waals surface area contributed by atoms with E-state index in [2.05, 4.69) is 64.3 Å². The van der Waals surface area contributed by atoms with Gasteiger partial charge in [0.1, 0.15) is 5.82 Å². The number of rotatable bonds is 5. The van der Waals surface area contributed by atoms with Crippen LogP contribution in [0, 0.1) is 0 Å². The summed E-state index contributed by atoms with van der Waals surface area (Å²) < 4.78 is 0. The maximum atomic E-state index is 4.66. The third-order valence-corrected chi connectivity index (χ3v) is 3.83. The number of piperazine rings is 1. The Balaban J connectivity index is 2.01. The van der Waals surface area contributed by atoms with Crippen molar-refractivity contribution < 1.29 is 0 Å². The van der Waals surface area contributed by atoms with Crippen LogP contribution in [0.5, 0.6) is 0 Å². The summed E-state index contributed by atoms with van der Waals surface area (Å²) in [6, 6.07) is 4.57. The van der Waals surface area contributed by atoms with Crippen molar-refractivity contribution in [2.24, 2.45) is 4.99 Å². The Morgan fingerprint density at radius 1 is 1.30 bits per heavy atom. The maximum Gasteiger partial charge on any atom is 0.191 e. The molecule has 0 spiro atoms. The van der Waals surface area contributed by atoms with Crippen molar-refractivity contribution in [3.63, 3.8) is 0 Å². The number of aromatic nitrogens is 1. The molecule has 1 aromatic heterocycles. The SMILES string of the molecule is CCNC(=NCc1ccnc(N2CCN(C)CC2)c1)NC(C)C. The van der Waals surface area contributed by atoms with E-state index in [0.717, 1.165) is 44.5 Å². The minimum atomic E-state index is 0.367. The van der Waals surface area contributed by atoms with Gasteiger partial charge in [0.2, 0.25) is 0 Å². The molecule has 6 nitrogen and oxygen atoms in total. The van der Waals surface area contributed by atoms with Crippen LogP contribution >= 0.6 is 0 Å². The quantitative estimate of drug-likeness (QED) is 0.633. The summed E-state index contributed by atoms with van der Waals surface area (Å²) in [4.78, 5) is 13.9. The summed E-state index contributed by atoms with van der Waals surface area (Å²) in [7, 11) is 2.17. The second kappa shape index (κ2) is 8.72. The third kappa shape index (κ3) is 5.71. The minimum absolute atomic E-state index is 0.367. The number of nitrogens with zero attached hydrogens (tertiary/aromatic N) is 4. The summed E-state index contributed by atoms with van der Waals surface area (Å²) in [5.74, 6) is 1.92. The predicted molar refractivity (Wildman–Crippen MR) is 97.0 cm³/mol. The molecule has 0 aliphatic carbocycles. The standard InChI is InChI=1S/C17H30N6/c1-5-18-17(21-14(2)3)20-13-15-6-7-19-16(12-15)23-10-8-22(4)9-11-23/h6-7,12,14H,5,8-11,13H2,1-4H3,(H2,18,20,21). The first kappa shape index (κ1) is 17.5. The van der Waals surface area contributed by atoms with Gasteiger partial charge >= 0.3 is 0 Å². The molecule has 2 rings (SSSR count). The molecule has 0 atom stereocenters. The molecule has 0 unspecified atom stereocenters. The highest BCUT2D eigenvalue weighted by Gasteiger charge is 2.15. The van der Waals surface area contributed by atoms with Crippen molar-refractivity contribution in [3.8, 4) is 0 Å². The molecular formula is C17H30N6. The van der Waals surface area contributed by atoms with E-state index in [9.17, 15) is 0 Å². The number of hydrogen-bond acceptors (Lipinski definition) is 4. The molecule has 1 aliphatic rings. The first-order valence-corrected chi connectivity index (χ1v) is 8.51. The lowest BCUT2D eigenvalue weighted by Gasteiger charge is -2.33. The normalized spacial score (nSPS) is 16.7. The topological polar surface area (TPSA) is 55.8 Å². The van der Waals surface area contributed by atoms with Crippen LogP contribution in [0.2, 0.25) is 0 Å². The molecule has 0 radical (unpaired) electrons. The molecule has 2 heterocycles. The number of pyridine rings is 1. The first-order chi connectivity index (χ1) is 11.1. The van der Waals surface area contributed by atoms with E-state index in [-0.39, 0.29) is 0 Å². The number of anilines is 1. The Morgan fingerprint density at radius 2 is 2.04 bits per heavy atom. The van der Waals surface area contributed by atoms with Gasteiger partial charge in [-0.15, -0.1) is 0 Å². The molecule has 0 saturated carbocycles. The van der Waals surface area contributed by atoms with Gasteiger partial charge in [-0.3, -0.25) is 0 Å². The van der Waals surface area contributed by atoms with Crippen LogP contribution < -0.4 is 15.5 Å². The second-order valence-electron chi connectivity index (χ2n) is 6.31. The Hall–Kier alpha value is -1.82. The lowest BCUT2D eigenvalue weighted by atomic mass is 10.2. The Morgan fingerprint density at radius 3 is 2.70 bits per heavy atom. The van der Waals surface area contributed by atoms with Gasteiger partial charge in [-0.05, 0) is 45.5 Å². The number of likely N-dealkylation sites (N-methyl/N-ethyl adjacent to an activating group) is 1. The van der Waals surface area contributed by atoms with Gasteiger partial charge in [-0.2, -0.15) is 0 Å².